The van der Waals surface area contributed by atoms with Crippen LogP contribution in [-0.4, -0.2) is 43.1 Å². The Morgan fingerprint density at radius 2 is 2.03 bits per heavy atom. The van der Waals surface area contributed by atoms with Crippen molar-refractivity contribution in [3.8, 4) is 22.6 Å². The molecule has 186 valence electrons. The van der Waals surface area contributed by atoms with Crippen LogP contribution >= 0.6 is 0 Å². The van der Waals surface area contributed by atoms with E-state index in [0.29, 0.717) is 0 Å². The standard InChI is InChI=1S/C31H32N6/c1-3-9-25(23-10-5-6-11-23)26-17-29(33-21(26)2)31-30-28(35-36-31)13-12-27(34-30)24-16-22(18-32-19-24)20-37-14-7-4-8-15-37/h3,5,9-13,16-19,33H,1,4,6-8,14-15,20H2,2H3,(H,35,36)/b25-9-. The smallest absolute Gasteiger partial charge is 0.135 e. The number of fused-ring (bicyclic) bond motifs is 1. The molecule has 1 aliphatic carbocycles. The van der Waals surface area contributed by atoms with Gasteiger partial charge in [-0.05, 0) is 80.3 Å². The summed E-state index contributed by atoms with van der Waals surface area (Å²) in [6.07, 6.45) is 19.3. The Morgan fingerprint density at radius 1 is 1.14 bits per heavy atom. The fourth-order valence-electron chi connectivity index (χ4n) is 5.42. The van der Waals surface area contributed by atoms with Crippen LogP contribution in [0.1, 0.15) is 42.5 Å². The van der Waals surface area contributed by atoms with Crippen LogP contribution < -0.4 is 0 Å². The van der Waals surface area contributed by atoms with E-state index in [9.17, 15) is 0 Å². The minimum absolute atomic E-state index is 0.817. The van der Waals surface area contributed by atoms with Gasteiger partial charge in [-0.25, -0.2) is 4.98 Å². The average molecular weight is 489 g/mol. The van der Waals surface area contributed by atoms with E-state index in [-0.39, 0.29) is 0 Å². The van der Waals surface area contributed by atoms with Crippen molar-refractivity contribution in [1.82, 2.24) is 30.0 Å². The molecule has 6 heteroatoms. The largest absolute Gasteiger partial charge is 0.357 e. The fourth-order valence-corrected chi connectivity index (χ4v) is 5.42. The molecular formula is C31H32N6. The lowest BCUT2D eigenvalue weighted by Gasteiger charge is -2.26. The normalized spacial score (nSPS) is 16.5. The molecule has 2 aliphatic rings. The number of hydrogen-bond donors (Lipinski definition) is 2. The molecule has 1 saturated heterocycles. The molecule has 6 nitrogen and oxygen atoms in total. The number of rotatable bonds is 7. The summed E-state index contributed by atoms with van der Waals surface area (Å²) >= 11 is 0. The Bertz CT molecular complexity index is 1540. The number of aryl methyl sites for hydroxylation is 1. The number of aromatic nitrogens is 5. The maximum atomic E-state index is 5.05. The lowest BCUT2D eigenvalue weighted by Crippen LogP contribution is -2.29. The van der Waals surface area contributed by atoms with Crippen molar-refractivity contribution in [2.75, 3.05) is 13.1 Å². The highest BCUT2D eigenvalue weighted by atomic mass is 15.1. The van der Waals surface area contributed by atoms with Gasteiger partial charge in [0.1, 0.15) is 11.2 Å². The van der Waals surface area contributed by atoms with Crippen LogP contribution in [0.3, 0.4) is 0 Å². The van der Waals surface area contributed by atoms with Gasteiger partial charge in [0.15, 0.2) is 0 Å². The maximum Gasteiger partial charge on any atom is 0.135 e. The second-order valence-corrected chi connectivity index (χ2v) is 9.92. The summed E-state index contributed by atoms with van der Waals surface area (Å²) in [5, 5.41) is 7.80. The van der Waals surface area contributed by atoms with Crippen molar-refractivity contribution >= 4 is 16.6 Å². The number of pyridine rings is 2. The maximum absolute atomic E-state index is 5.05. The predicted octanol–water partition coefficient (Wildman–Crippen LogP) is 6.77. The van der Waals surface area contributed by atoms with Gasteiger partial charge in [-0.15, -0.1) is 0 Å². The van der Waals surface area contributed by atoms with Crippen LogP contribution in [0.15, 0.2) is 79.2 Å². The molecule has 0 atom stereocenters. The molecule has 0 unspecified atom stereocenters. The second kappa shape index (κ2) is 10.1. The first-order valence-electron chi connectivity index (χ1n) is 13.1. The van der Waals surface area contributed by atoms with E-state index in [1.807, 2.05) is 24.5 Å². The molecule has 0 aromatic carbocycles. The molecule has 2 N–H and O–H groups in total. The van der Waals surface area contributed by atoms with Crippen molar-refractivity contribution in [3.63, 3.8) is 0 Å². The van der Waals surface area contributed by atoms with Gasteiger partial charge in [0.2, 0.25) is 0 Å². The van der Waals surface area contributed by atoms with E-state index >= 15 is 0 Å². The Kier molecular flexibility index (Phi) is 6.41. The number of nitrogens with one attached hydrogen (secondary N) is 2. The molecule has 0 radical (unpaired) electrons. The first-order valence-corrected chi connectivity index (χ1v) is 13.1. The summed E-state index contributed by atoms with van der Waals surface area (Å²) in [4.78, 5) is 15.7. The first kappa shape index (κ1) is 23.4. The van der Waals surface area contributed by atoms with Crippen molar-refractivity contribution < 1.29 is 0 Å². The van der Waals surface area contributed by atoms with Gasteiger partial charge in [0.25, 0.3) is 0 Å². The lowest BCUT2D eigenvalue weighted by molar-refractivity contribution is 0.220. The molecule has 1 fully saturated rings. The summed E-state index contributed by atoms with van der Waals surface area (Å²) in [6.45, 7) is 9.31. The molecule has 6 rings (SSSR count). The third-order valence-corrected chi connectivity index (χ3v) is 7.28. The molecule has 0 amide bonds. The highest BCUT2D eigenvalue weighted by molar-refractivity contribution is 5.92. The van der Waals surface area contributed by atoms with Gasteiger partial charge in [-0.3, -0.25) is 15.0 Å². The number of H-pyrrole nitrogens is 2. The summed E-state index contributed by atoms with van der Waals surface area (Å²) in [5.74, 6) is 0. The second-order valence-electron chi connectivity index (χ2n) is 9.92. The highest BCUT2D eigenvalue weighted by Crippen LogP contribution is 2.34. The third kappa shape index (κ3) is 4.72. The molecule has 5 heterocycles. The van der Waals surface area contributed by atoms with Crippen LogP contribution in [0.25, 0.3) is 39.3 Å². The Balaban J connectivity index is 1.34. The van der Waals surface area contributed by atoms with Crippen molar-refractivity contribution in [2.45, 2.75) is 39.2 Å². The van der Waals surface area contributed by atoms with Crippen LogP contribution in [0, 0.1) is 6.92 Å². The number of allylic oxidation sites excluding steroid dienone is 7. The zero-order valence-corrected chi connectivity index (χ0v) is 21.3. The number of aromatic amines is 2. The third-order valence-electron chi connectivity index (χ3n) is 7.28. The molecule has 0 saturated carbocycles. The van der Waals surface area contributed by atoms with Gasteiger partial charge < -0.3 is 4.98 Å². The molecule has 0 bridgehead atoms. The van der Waals surface area contributed by atoms with Gasteiger partial charge >= 0.3 is 0 Å². The molecule has 0 spiro atoms. The molecular weight excluding hydrogens is 456 g/mol. The molecule has 37 heavy (non-hydrogen) atoms. The van der Waals surface area contributed by atoms with E-state index < -0.39 is 0 Å². The zero-order chi connectivity index (χ0) is 25.2. The number of nitrogens with zero attached hydrogens (tertiary/aromatic N) is 4. The zero-order valence-electron chi connectivity index (χ0n) is 21.3. The topological polar surface area (TPSA) is 73.5 Å². The summed E-state index contributed by atoms with van der Waals surface area (Å²) in [6, 6.07) is 8.49. The van der Waals surface area contributed by atoms with E-state index in [4.69, 9.17) is 4.98 Å². The van der Waals surface area contributed by atoms with Crippen LogP contribution in [0.5, 0.6) is 0 Å². The SMILES string of the molecule is C=C/C=C(/C1=CCC=C1)c1cc(-c2n[nH]c3ccc(-c4cncc(CN5CCCCC5)c4)nc23)[nH]c1C. The van der Waals surface area contributed by atoms with Crippen LogP contribution in [0.2, 0.25) is 0 Å². The Morgan fingerprint density at radius 3 is 2.84 bits per heavy atom. The van der Waals surface area contributed by atoms with Crippen LogP contribution in [-0.2, 0) is 6.54 Å². The van der Waals surface area contributed by atoms with Gasteiger partial charge in [0.05, 0.1) is 16.9 Å². The van der Waals surface area contributed by atoms with E-state index in [2.05, 4.69) is 81.1 Å². The number of piperidine rings is 1. The minimum Gasteiger partial charge on any atom is -0.357 e. The van der Waals surface area contributed by atoms with Crippen molar-refractivity contribution in [2.24, 2.45) is 0 Å². The average Bonchev–Trinajstić information content (AvgIpc) is 3.68. The minimum atomic E-state index is 0.817. The van der Waals surface area contributed by atoms with E-state index in [1.54, 1.807) is 0 Å². The monoisotopic (exact) mass is 488 g/mol. The summed E-state index contributed by atoms with van der Waals surface area (Å²) in [7, 11) is 0. The molecule has 4 aromatic heterocycles. The van der Waals surface area contributed by atoms with Gasteiger partial charge in [0, 0.05) is 35.8 Å². The fraction of sp³-hybridized carbons (Fsp3) is 0.258. The molecule has 4 aromatic rings. The van der Waals surface area contributed by atoms with Gasteiger partial charge in [-0.2, -0.15) is 5.10 Å². The summed E-state index contributed by atoms with van der Waals surface area (Å²) < 4.78 is 0. The van der Waals surface area contributed by atoms with E-state index in [1.165, 1.54) is 43.5 Å². The first-order chi connectivity index (χ1) is 18.2. The predicted molar refractivity (Wildman–Crippen MR) is 151 cm³/mol. The van der Waals surface area contributed by atoms with Crippen molar-refractivity contribution in [3.05, 3.63) is 96.0 Å². The number of hydrogen-bond acceptors (Lipinski definition) is 4. The van der Waals surface area contributed by atoms with Crippen molar-refractivity contribution in [1.29, 1.82) is 0 Å². The highest BCUT2D eigenvalue weighted by Gasteiger charge is 2.18. The van der Waals surface area contributed by atoms with Crippen LogP contribution in [0.4, 0.5) is 0 Å². The Labute approximate surface area is 217 Å². The number of likely N-dealkylation sites (tertiary alicyclic amines) is 1. The summed E-state index contributed by atoms with van der Waals surface area (Å²) in [5.41, 5.74) is 11.3. The van der Waals surface area contributed by atoms with E-state index in [0.717, 1.165) is 63.5 Å². The Hall–Kier alpha value is -4.03. The molecule has 1 aliphatic heterocycles. The van der Waals surface area contributed by atoms with Gasteiger partial charge in [-0.1, -0.05) is 43.4 Å². The quantitative estimate of drug-likeness (QED) is 0.282. The lowest BCUT2D eigenvalue weighted by atomic mass is 9.98.